The lowest BCUT2D eigenvalue weighted by atomic mass is 9.78. The van der Waals surface area contributed by atoms with Gasteiger partial charge in [0.2, 0.25) is 0 Å². The number of piperidine rings is 1. The van der Waals surface area contributed by atoms with Gasteiger partial charge in [-0.15, -0.1) is 0 Å². The first-order chi connectivity index (χ1) is 8.24. The van der Waals surface area contributed by atoms with Gasteiger partial charge in [0.05, 0.1) is 0 Å². The highest BCUT2D eigenvalue weighted by Crippen LogP contribution is 2.32. The molecule has 2 nitrogen and oxygen atoms in total. The zero-order valence-corrected chi connectivity index (χ0v) is 11.8. The van der Waals surface area contributed by atoms with E-state index < -0.39 is 0 Å². The molecule has 2 fully saturated rings. The summed E-state index contributed by atoms with van der Waals surface area (Å²) in [5, 5.41) is 3.60. The van der Waals surface area contributed by atoms with Crippen LogP contribution in [0.2, 0.25) is 0 Å². The van der Waals surface area contributed by atoms with Gasteiger partial charge < -0.3 is 10.2 Å². The Hall–Kier alpha value is -0.0800. The zero-order valence-electron chi connectivity index (χ0n) is 11.8. The van der Waals surface area contributed by atoms with Crippen LogP contribution >= 0.6 is 0 Å². The van der Waals surface area contributed by atoms with E-state index in [9.17, 15) is 0 Å². The highest BCUT2D eigenvalue weighted by Gasteiger charge is 2.31. The first kappa shape index (κ1) is 13.4. The summed E-state index contributed by atoms with van der Waals surface area (Å²) >= 11 is 0. The first-order valence-corrected chi connectivity index (χ1v) is 7.63. The van der Waals surface area contributed by atoms with Crippen molar-refractivity contribution >= 4 is 0 Å². The van der Waals surface area contributed by atoms with Gasteiger partial charge in [-0.1, -0.05) is 19.8 Å². The second-order valence-corrected chi connectivity index (χ2v) is 6.48. The summed E-state index contributed by atoms with van der Waals surface area (Å²) in [7, 11) is 2.34. The van der Waals surface area contributed by atoms with E-state index in [4.69, 9.17) is 0 Å². The summed E-state index contributed by atoms with van der Waals surface area (Å²) in [6, 6.07) is 0. The Balaban J connectivity index is 1.80. The van der Waals surface area contributed by atoms with Gasteiger partial charge in [0.1, 0.15) is 0 Å². The van der Waals surface area contributed by atoms with Crippen molar-refractivity contribution in [3.63, 3.8) is 0 Å². The summed E-state index contributed by atoms with van der Waals surface area (Å²) in [6.07, 6.45) is 10.0. The first-order valence-electron chi connectivity index (χ1n) is 7.63. The molecule has 17 heavy (non-hydrogen) atoms. The number of hydrogen-bond donors (Lipinski definition) is 1. The van der Waals surface area contributed by atoms with Crippen LogP contribution in [0.15, 0.2) is 0 Å². The van der Waals surface area contributed by atoms with Crippen LogP contribution in [0.1, 0.15) is 51.9 Å². The van der Waals surface area contributed by atoms with Gasteiger partial charge in [0.15, 0.2) is 0 Å². The molecule has 2 heteroatoms. The van der Waals surface area contributed by atoms with Crippen molar-refractivity contribution in [2.24, 2.45) is 11.3 Å². The fraction of sp³-hybridized carbons (Fsp3) is 1.00. The van der Waals surface area contributed by atoms with E-state index in [2.05, 4.69) is 24.2 Å². The summed E-state index contributed by atoms with van der Waals surface area (Å²) < 4.78 is 0. The largest absolute Gasteiger partial charge is 0.316 e. The monoisotopic (exact) mass is 238 g/mol. The van der Waals surface area contributed by atoms with E-state index in [1.54, 1.807) is 0 Å². The minimum atomic E-state index is 0.561. The van der Waals surface area contributed by atoms with Crippen LogP contribution in [0.3, 0.4) is 0 Å². The SMILES string of the molecule is CCC1(CN(C)CC2CCCC2)CCCNC1. The molecule has 1 aliphatic heterocycles. The maximum atomic E-state index is 3.60. The predicted octanol–water partition coefficient (Wildman–Crippen LogP) is 2.89. The molecule has 2 rings (SSSR count). The van der Waals surface area contributed by atoms with Gasteiger partial charge in [-0.25, -0.2) is 0 Å². The fourth-order valence-electron chi connectivity index (χ4n) is 3.85. The Kier molecular flexibility index (Phi) is 4.87. The van der Waals surface area contributed by atoms with Crippen LogP contribution < -0.4 is 5.32 Å². The van der Waals surface area contributed by atoms with Crippen LogP contribution in [0.5, 0.6) is 0 Å². The summed E-state index contributed by atoms with van der Waals surface area (Å²) in [5.74, 6) is 0.991. The maximum absolute atomic E-state index is 3.60. The number of rotatable bonds is 5. The molecule has 1 saturated heterocycles. The lowest BCUT2D eigenvalue weighted by Crippen LogP contribution is -2.47. The Morgan fingerprint density at radius 2 is 2.00 bits per heavy atom. The lowest BCUT2D eigenvalue weighted by Gasteiger charge is -2.40. The third-order valence-electron chi connectivity index (χ3n) is 4.96. The van der Waals surface area contributed by atoms with E-state index >= 15 is 0 Å². The van der Waals surface area contributed by atoms with Gasteiger partial charge >= 0.3 is 0 Å². The van der Waals surface area contributed by atoms with Crippen molar-refractivity contribution in [3.8, 4) is 0 Å². The molecule has 1 N–H and O–H groups in total. The van der Waals surface area contributed by atoms with Gasteiger partial charge in [0, 0.05) is 19.6 Å². The number of hydrogen-bond acceptors (Lipinski definition) is 2. The summed E-state index contributed by atoms with van der Waals surface area (Å²) in [4.78, 5) is 2.62. The van der Waals surface area contributed by atoms with Crippen LogP contribution in [0.25, 0.3) is 0 Å². The Labute approximate surface area is 107 Å². The number of nitrogens with zero attached hydrogens (tertiary/aromatic N) is 1. The number of nitrogens with one attached hydrogen (secondary N) is 1. The van der Waals surface area contributed by atoms with Gasteiger partial charge in [-0.05, 0) is 57.0 Å². The van der Waals surface area contributed by atoms with Gasteiger partial charge in [0.25, 0.3) is 0 Å². The molecule has 0 bridgehead atoms. The van der Waals surface area contributed by atoms with Crippen molar-refractivity contribution in [1.29, 1.82) is 0 Å². The third kappa shape index (κ3) is 3.69. The highest BCUT2D eigenvalue weighted by molar-refractivity contribution is 4.87. The van der Waals surface area contributed by atoms with E-state index in [0.717, 1.165) is 5.92 Å². The fourth-order valence-corrected chi connectivity index (χ4v) is 3.85. The van der Waals surface area contributed by atoms with E-state index in [1.165, 1.54) is 71.1 Å². The van der Waals surface area contributed by atoms with Gasteiger partial charge in [-0.2, -0.15) is 0 Å². The lowest BCUT2D eigenvalue weighted by molar-refractivity contribution is 0.118. The summed E-state index contributed by atoms with van der Waals surface area (Å²) in [6.45, 7) is 7.47. The molecule has 0 amide bonds. The maximum Gasteiger partial charge on any atom is 0.00471 e. The quantitative estimate of drug-likeness (QED) is 0.792. The molecule has 0 aromatic rings. The molecule has 0 aromatic carbocycles. The summed E-state index contributed by atoms with van der Waals surface area (Å²) in [5.41, 5.74) is 0.561. The minimum absolute atomic E-state index is 0.561. The molecular weight excluding hydrogens is 208 g/mol. The van der Waals surface area contributed by atoms with E-state index in [-0.39, 0.29) is 0 Å². The van der Waals surface area contributed by atoms with Crippen molar-refractivity contribution in [2.45, 2.75) is 51.9 Å². The topological polar surface area (TPSA) is 15.3 Å². The average Bonchev–Trinajstić information content (AvgIpc) is 2.83. The third-order valence-corrected chi connectivity index (χ3v) is 4.96. The molecular formula is C15H30N2. The standard InChI is InChI=1S/C15H30N2/c1-3-15(9-6-10-16-12-15)13-17(2)11-14-7-4-5-8-14/h14,16H,3-13H2,1-2H3. The smallest absolute Gasteiger partial charge is 0.00471 e. The van der Waals surface area contributed by atoms with Crippen LogP contribution in [0.4, 0.5) is 0 Å². The zero-order chi connectivity index (χ0) is 12.1. The molecule has 2 aliphatic rings. The van der Waals surface area contributed by atoms with Gasteiger partial charge in [-0.3, -0.25) is 0 Å². The van der Waals surface area contributed by atoms with Crippen molar-refractivity contribution in [1.82, 2.24) is 10.2 Å². The minimum Gasteiger partial charge on any atom is -0.316 e. The van der Waals surface area contributed by atoms with Crippen molar-refractivity contribution < 1.29 is 0 Å². The average molecular weight is 238 g/mol. The second kappa shape index (κ2) is 6.19. The molecule has 100 valence electrons. The molecule has 0 radical (unpaired) electrons. The second-order valence-electron chi connectivity index (χ2n) is 6.48. The molecule has 1 atom stereocenters. The highest BCUT2D eigenvalue weighted by atomic mass is 15.1. The molecule has 1 aliphatic carbocycles. The Bertz CT molecular complexity index is 215. The Morgan fingerprint density at radius 3 is 2.59 bits per heavy atom. The van der Waals surface area contributed by atoms with E-state index in [1.807, 2.05) is 0 Å². The van der Waals surface area contributed by atoms with Crippen molar-refractivity contribution in [2.75, 3.05) is 33.2 Å². The molecule has 1 unspecified atom stereocenters. The molecule has 1 saturated carbocycles. The van der Waals surface area contributed by atoms with Crippen LogP contribution in [0, 0.1) is 11.3 Å². The molecule has 1 heterocycles. The molecule has 0 aromatic heterocycles. The van der Waals surface area contributed by atoms with Crippen LogP contribution in [-0.2, 0) is 0 Å². The normalized spacial score (nSPS) is 31.2. The van der Waals surface area contributed by atoms with Crippen LogP contribution in [-0.4, -0.2) is 38.1 Å². The van der Waals surface area contributed by atoms with E-state index in [0.29, 0.717) is 5.41 Å². The predicted molar refractivity (Wildman–Crippen MR) is 74.3 cm³/mol. The Morgan fingerprint density at radius 1 is 1.24 bits per heavy atom. The van der Waals surface area contributed by atoms with Crippen molar-refractivity contribution in [3.05, 3.63) is 0 Å². The molecule has 0 spiro atoms.